The molecular weight excluding hydrogens is 1190 g/mol. The number of nitrogens with zero attached hydrogens (tertiary/aromatic N) is 3. The summed E-state index contributed by atoms with van der Waals surface area (Å²) in [6.07, 6.45) is 12.2. The zero-order valence-electron chi connectivity index (χ0n) is 46.5. The Bertz CT molecular complexity index is 4050. The van der Waals surface area contributed by atoms with Crippen LogP contribution in [0, 0.1) is 0 Å². The molecule has 0 amide bonds. The van der Waals surface area contributed by atoms with Gasteiger partial charge in [-0.3, -0.25) is 9.59 Å². The molecular formula is C61H59B2Cl3N4O15S. The van der Waals surface area contributed by atoms with E-state index in [0.717, 1.165) is 149 Å². The second-order valence-electron chi connectivity index (χ2n) is 21.8. The van der Waals surface area contributed by atoms with Crippen molar-refractivity contribution >= 4 is 140 Å². The average molecular weight is 1250 g/mol. The third-order valence-corrected chi connectivity index (χ3v) is 16.4. The van der Waals surface area contributed by atoms with Gasteiger partial charge in [0.05, 0.1) is 0 Å². The lowest BCUT2D eigenvalue weighted by Gasteiger charge is -2.37. The van der Waals surface area contributed by atoms with Crippen LogP contribution < -0.4 is 48.2 Å². The van der Waals surface area contributed by atoms with Crippen molar-refractivity contribution in [2.45, 2.75) is 83.5 Å². The van der Waals surface area contributed by atoms with Crippen molar-refractivity contribution < 1.29 is 57.0 Å². The molecule has 3 aromatic heterocycles. The van der Waals surface area contributed by atoms with E-state index in [2.05, 4.69) is 42.1 Å². The Kier molecular flexibility index (Phi) is 19.2. The number of carbonyl (C=O) groups is 3. The van der Waals surface area contributed by atoms with Gasteiger partial charge in [0.2, 0.25) is 9.23 Å². The number of aromatic carboxylic acids is 1. The zero-order valence-corrected chi connectivity index (χ0v) is 49.5. The molecule has 0 unspecified atom stereocenters. The quantitative estimate of drug-likeness (QED) is 0.0320. The summed E-state index contributed by atoms with van der Waals surface area (Å²) >= 11 is 5.45. The van der Waals surface area contributed by atoms with Crippen LogP contribution in [0.1, 0.15) is 109 Å². The number of benzene rings is 5. The van der Waals surface area contributed by atoms with Crippen LogP contribution in [0.15, 0.2) is 113 Å². The van der Waals surface area contributed by atoms with Gasteiger partial charge in [0.25, 0.3) is 5.24 Å². The number of Topliss-reactive ketones (excluding diaryl/α,β-unsaturated/α-hetero) is 1. The van der Waals surface area contributed by atoms with Crippen molar-refractivity contribution in [1.82, 2.24) is 0 Å². The number of carboxylic acids is 1. The molecule has 446 valence electrons. The molecule has 8 aromatic rings. The maximum absolute atomic E-state index is 12.9. The fraction of sp³-hybridized carbons (Fsp3) is 0.311. The van der Waals surface area contributed by atoms with Gasteiger partial charge in [0.15, 0.2) is 5.78 Å². The van der Waals surface area contributed by atoms with Crippen molar-refractivity contribution in [3.05, 3.63) is 172 Å². The van der Waals surface area contributed by atoms with Gasteiger partial charge in [-0.25, -0.2) is 23.4 Å². The molecule has 9 heterocycles. The highest BCUT2D eigenvalue weighted by atomic mass is 36.0. The molecule has 0 radical (unpaired) electrons. The topological polar surface area (TPSA) is 296 Å². The lowest BCUT2D eigenvalue weighted by atomic mass is 9.79. The Balaban J connectivity index is 0.000000131. The summed E-state index contributed by atoms with van der Waals surface area (Å²) in [4.78, 5) is 78.9. The van der Waals surface area contributed by atoms with Crippen LogP contribution in [0.4, 0.5) is 22.7 Å². The van der Waals surface area contributed by atoms with Crippen LogP contribution in [-0.2, 0) is 54.2 Å². The molecule has 6 aliphatic rings. The highest BCUT2D eigenvalue weighted by Crippen LogP contribution is 2.42. The molecule has 19 nitrogen and oxygen atoms in total. The minimum atomic E-state index is -1.67. The highest BCUT2D eigenvalue weighted by Gasteiger charge is 2.31. The number of nitrogens with two attached hydrogens (primary N) is 1. The fourth-order valence-electron chi connectivity index (χ4n) is 12.7. The molecule has 0 bridgehead atoms. The Morgan fingerprint density at radius 3 is 1.27 bits per heavy atom. The van der Waals surface area contributed by atoms with Crippen LogP contribution >= 0.6 is 33.0 Å². The van der Waals surface area contributed by atoms with E-state index >= 15 is 0 Å². The molecule has 0 spiro atoms. The van der Waals surface area contributed by atoms with Gasteiger partial charge in [-0.15, -0.1) is 0 Å². The van der Waals surface area contributed by atoms with Crippen molar-refractivity contribution in [2.24, 2.45) is 0 Å². The molecule has 5 aromatic carbocycles. The van der Waals surface area contributed by atoms with E-state index < -0.39 is 51.6 Å². The second kappa shape index (κ2) is 26.8. The van der Waals surface area contributed by atoms with E-state index in [4.69, 9.17) is 49.9 Å². The molecule has 0 saturated carbocycles. The maximum atomic E-state index is 12.9. The summed E-state index contributed by atoms with van der Waals surface area (Å²) in [5, 5.41) is 46.6. The van der Waals surface area contributed by atoms with Crippen molar-refractivity contribution in [3.8, 4) is 0 Å². The lowest BCUT2D eigenvalue weighted by Crippen LogP contribution is -2.34. The van der Waals surface area contributed by atoms with Gasteiger partial charge in [-0.05, 0) is 170 Å². The number of fused-ring (bicyclic) bond motifs is 6. The molecule has 14 rings (SSSR count). The zero-order chi connectivity index (χ0) is 61.1. The monoisotopic (exact) mass is 1250 g/mol. The average Bonchev–Trinajstić information content (AvgIpc) is 0.833. The number of carboxylic acid groups (broad SMARTS) is 1. The summed E-state index contributed by atoms with van der Waals surface area (Å²) < 4.78 is 25.6. The first-order valence-electron chi connectivity index (χ1n) is 28.2. The normalized spacial score (nSPS) is 15.0. The molecule has 25 heteroatoms. The number of nitrogen functional groups attached to an aromatic ring is 1. The number of halogens is 3. The highest BCUT2D eigenvalue weighted by molar-refractivity contribution is 8.26. The Labute approximate surface area is 509 Å². The summed E-state index contributed by atoms with van der Waals surface area (Å²) in [6.45, 7) is 6.29. The Morgan fingerprint density at radius 2 is 0.884 bits per heavy atom. The number of carbonyl (C=O) groups excluding carboxylic acids is 2. The predicted molar refractivity (Wildman–Crippen MR) is 336 cm³/mol. The van der Waals surface area contributed by atoms with Crippen molar-refractivity contribution in [1.29, 1.82) is 0 Å². The third-order valence-electron chi connectivity index (χ3n) is 16.2. The maximum Gasteiger partial charge on any atom is 0.488 e. The van der Waals surface area contributed by atoms with Gasteiger partial charge in [-0.1, -0.05) is 36.4 Å². The number of anilines is 4. The minimum Gasteiger partial charge on any atom is -0.477 e. The van der Waals surface area contributed by atoms with Gasteiger partial charge in [0.1, 0.15) is 33.4 Å². The fourth-order valence-corrected chi connectivity index (χ4v) is 12.8. The van der Waals surface area contributed by atoms with Crippen LogP contribution in [-0.4, -0.2) is 99.9 Å². The summed E-state index contributed by atoms with van der Waals surface area (Å²) in [6, 6.07) is 23.8. The van der Waals surface area contributed by atoms with Crippen LogP contribution in [0.3, 0.4) is 0 Å². The first-order chi connectivity index (χ1) is 41.2. The number of rotatable bonds is 7. The molecule has 0 atom stereocenters. The number of ketones is 1. The van der Waals surface area contributed by atoms with Crippen molar-refractivity contribution in [3.63, 3.8) is 0 Å². The summed E-state index contributed by atoms with van der Waals surface area (Å²) in [7, 11) is 4.33. The minimum absolute atomic E-state index is 0.0115. The molecule has 6 aliphatic heterocycles. The molecule has 7 N–H and O–H groups in total. The van der Waals surface area contributed by atoms with E-state index in [1.807, 2.05) is 12.1 Å². The molecule has 0 fully saturated rings. The van der Waals surface area contributed by atoms with Gasteiger partial charge < -0.3 is 58.9 Å². The third kappa shape index (κ3) is 13.5. The van der Waals surface area contributed by atoms with Gasteiger partial charge in [0, 0.05) is 123 Å². The second-order valence-corrected chi connectivity index (χ2v) is 24.7. The van der Waals surface area contributed by atoms with Crippen LogP contribution in [0.25, 0.3) is 32.9 Å². The predicted octanol–water partition coefficient (Wildman–Crippen LogP) is 6.65. The van der Waals surface area contributed by atoms with Gasteiger partial charge in [-0.2, -0.15) is 0 Å². The van der Waals surface area contributed by atoms with E-state index in [-0.39, 0.29) is 28.9 Å². The standard InChI is InChI=1S/C23H22BNO5.C16H14ClNO3.C16H15NO4.C6H8BNO2.Cl2OS/c26-20(11-14-4-1-6-17(10-14)24(28)29)19-13-16-12-15-5-2-8-25-9-3-7-18(21(15)25)22(16)30-23(19)27;17-15(19)12-8-10-7-9-3-1-5-18-6-2-4-11(13(9)18)14(10)21-16(12)20;18-15(19)12-8-10-7-9-3-1-5-17-6-2-4-11(13(9)17)14(10)21-16(12)20;8-6-3-1-2-5(4-6)7(9)10;1-4(2)3/h1,4,6,10,12-13,28-29H,2-3,5,7-9,11H2;7-8H,1-6H2;7-8H,1-6H2,(H,18,19);1-4,9-10H,8H2;. The number of hydrogen-bond acceptors (Lipinski definition) is 18. The number of hydrogen-bond donors (Lipinski definition) is 6. The largest absolute Gasteiger partial charge is 0.488 e. The lowest BCUT2D eigenvalue weighted by molar-refractivity contribution is 0.0692. The first kappa shape index (κ1) is 61.8. The SMILES string of the molecule is Nc1cccc(B(O)O)c1.O=C(Cc1cccc(B(O)O)c1)c1cc2cc3c4c(c2oc1=O)CCCN4CCC3.O=C(Cl)c1cc2cc3c4c(c2oc1=O)CCCN4CCC3.O=C(O)c1cc2cc3c4c(c2oc1=O)CCCN4CCC3.O=S(Cl)Cl. The Hall–Kier alpha value is -7.27. The molecule has 0 saturated heterocycles. The molecule has 86 heavy (non-hydrogen) atoms. The first-order valence-corrected chi connectivity index (χ1v) is 31.4. The Morgan fingerprint density at radius 1 is 0.523 bits per heavy atom. The van der Waals surface area contributed by atoms with Crippen molar-refractivity contribution in [2.75, 3.05) is 59.7 Å². The van der Waals surface area contributed by atoms with E-state index in [0.29, 0.717) is 38.9 Å². The summed E-state index contributed by atoms with van der Waals surface area (Å²) in [5.41, 5.74) is 17.4. The summed E-state index contributed by atoms with van der Waals surface area (Å²) in [5.74, 6) is -1.58. The van der Waals surface area contributed by atoms with E-state index in [9.17, 15) is 38.8 Å². The van der Waals surface area contributed by atoms with Crippen LogP contribution in [0.5, 0.6) is 0 Å². The molecule has 0 aliphatic carbocycles. The van der Waals surface area contributed by atoms with E-state index in [1.165, 1.54) is 45.9 Å². The van der Waals surface area contributed by atoms with E-state index in [1.54, 1.807) is 54.6 Å². The smallest absolute Gasteiger partial charge is 0.477 e. The number of aryl methyl sites for hydroxylation is 6. The van der Waals surface area contributed by atoms with Gasteiger partial charge >= 0.3 is 37.1 Å². The van der Waals surface area contributed by atoms with Crippen LogP contribution in [0.2, 0.25) is 0 Å².